The molecule has 0 saturated heterocycles. The van der Waals surface area contributed by atoms with Crippen LogP contribution < -0.4 is 0 Å². The van der Waals surface area contributed by atoms with E-state index < -0.39 is 6.29 Å². The summed E-state index contributed by atoms with van der Waals surface area (Å²) in [5.74, 6) is 0. The highest BCUT2D eigenvalue weighted by atomic mass is 79.9. The summed E-state index contributed by atoms with van der Waals surface area (Å²) in [6.45, 7) is 2.65. The number of hydrogen-bond donors (Lipinski definition) is 0. The SMILES string of the molecule is CCCCN1N=CN(Br)C1[N+](=O)[O-]. The fraction of sp³-hybridized carbons (Fsp3) is 0.833. The molecule has 74 valence electrons. The van der Waals surface area contributed by atoms with Gasteiger partial charge in [0, 0.05) is 6.54 Å². The fourth-order valence-electron chi connectivity index (χ4n) is 1.05. The predicted octanol–water partition coefficient (Wildman–Crippen LogP) is 1.22. The van der Waals surface area contributed by atoms with Gasteiger partial charge in [-0.1, -0.05) is 13.3 Å². The van der Waals surface area contributed by atoms with Crippen LogP contribution in [0.3, 0.4) is 0 Å². The van der Waals surface area contributed by atoms with Crippen LogP contribution in [0.4, 0.5) is 0 Å². The Kier molecular flexibility index (Phi) is 3.47. The van der Waals surface area contributed by atoms with Crippen LogP contribution in [0.5, 0.6) is 0 Å². The zero-order valence-corrected chi connectivity index (χ0v) is 8.85. The molecule has 1 rings (SSSR count). The van der Waals surface area contributed by atoms with Gasteiger partial charge in [-0.15, -0.1) is 0 Å². The molecule has 13 heavy (non-hydrogen) atoms. The molecule has 6 nitrogen and oxygen atoms in total. The van der Waals surface area contributed by atoms with Gasteiger partial charge in [-0.3, -0.25) is 10.1 Å². The Bertz CT molecular complexity index is 223. The van der Waals surface area contributed by atoms with Gasteiger partial charge < -0.3 is 0 Å². The maximum Gasteiger partial charge on any atom is 0.393 e. The fourth-order valence-corrected chi connectivity index (χ4v) is 1.50. The van der Waals surface area contributed by atoms with E-state index in [4.69, 9.17) is 0 Å². The van der Waals surface area contributed by atoms with E-state index in [1.807, 2.05) is 6.92 Å². The van der Waals surface area contributed by atoms with Gasteiger partial charge in [0.15, 0.2) is 0 Å². The Morgan fingerprint density at radius 2 is 2.46 bits per heavy atom. The smallest absolute Gasteiger partial charge is 0.261 e. The van der Waals surface area contributed by atoms with Crippen LogP contribution in [0, 0.1) is 10.1 Å². The zero-order valence-electron chi connectivity index (χ0n) is 7.26. The highest BCUT2D eigenvalue weighted by molar-refractivity contribution is 9.07. The van der Waals surface area contributed by atoms with Gasteiger partial charge >= 0.3 is 6.29 Å². The molecule has 0 aromatic carbocycles. The van der Waals surface area contributed by atoms with Crippen LogP contribution in [0.15, 0.2) is 5.10 Å². The van der Waals surface area contributed by atoms with Crippen molar-refractivity contribution in [2.45, 2.75) is 26.1 Å². The number of unbranched alkanes of at least 4 members (excludes halogenated alkanes) is 1. The first-order valence-corrected chi connectivity index (χ1v) is 4.76. The standard InChI is InChI=1S/C6H11BrN4O2/c1-2-3-4-10-6(11(12)13)9(7)5-8-10/h5-6H,2-4H2,1H3. The lowest BCUT2D eigenvalue weighted by Crippen LogP contribution is -2.41. The molecule has 7 heteroatoms. The minimum absolute atomic E-state index is 0.378. The number of rotatable bonds is 4. The van der Waals surface area contributed by atoms with Crippen molar-refractivity contribution in [3.63, 3.8) is 0 Å². The monoisotopic (exact) mass is 250 g/mol. The minimum atomic E-state index is -0.897. The molecule has 0 fully saturated rings. The summed E-state index contributed by atoms with van der Waals surface area (Å²) in [6.07, 6.45) is 2.41. The van der Waals surface area contributed by atoms with E-state index in [0.29, 0.717) is 6.54 Å². The first kappa shape index (κ1) is 10.2. The molecule has 1 atom stereocenters. The summed E-state index contributed by atoms with van der Waals surface area (Å²) in [4.78, 5) is 10.2. The van der Waals surface area contributed by atoms with Crippen molar-refractivity contribution in [2.24, 2.45) is 5.10 Å². The molecule has 0 spiro atoms. The van der Waals surface area contributed by atoms with Crippen molar-refractivity contribution in [1.29, 1.82) is 0 Å². The normalized spacial score (nSPS) is 21.2. The first-order valence-electron chi connectivity index (χ1n) is 4.05. The number of hydrazone groups is 1. The summed E-state index contributed by atoms with van der Waals surface area (Å²) in [6, 6.07) is 0. The lowest BCUT2D eigenvalue weighted by Gasteiger charge is -2.18. The molecular weight excluding hydrogens is 240 g/mol. The van der Waals surface area contributed by atoms with Crippen molar-refractivity contribution in [2.75, 3.05) is 6.54 Å². The van der Waals surface area contributed by atoms with E-state index in [1.165, 1.54) is 15.3 Å². The molecule has 0 aromatic rings. The summed E-state index contributed by atoms with van der Waals surface area (Å²) < 4.78 is 1.31. The van der Waals surface area contributed by atoms with E-state index in [1.54, 1.807) is 0 Å². The third kappa shape index (κ3) is 2.30. The third-order valence-electron chi connectivity index (χ3n) is 1.73. The molecule has 0 amide bonds. The molecule has 1 aliphatic heterocycles. The van der Waals surface area contributed by atoms with E-state index in [2.05, 4.69) is 21.2 Å². The Hall–Kier alpha value is -0.850. The van der Waals surface area contributed by atoms with Crippen LogP contribution >= 0.6 is 16.1 Å². The first-order chi connectivity index (χ1) is 6.16. The Morgan fingerprint density at radius 1 is 1.77 bits per heavy atom. The maximum atomic E-state index is 10.6. The topological polar surface area (TPSA) is 62.0 Å². The molecule has 0 N–H and O–H groups in total. The van der Waals surface area contributed by atoms with Crippen LogP contribution in [-0.4, -0.2) is 33.0 Å². The quantitative estimate of drug-likeness (QED) is 0.428. The van der Waals surface area contributed by atoms with E-state index in [9.17, 15) is 10.1 Å². The van der Waals surface area contributed by atoms with Crippen LogP contribution in [0.25, 0.3) is 0 Å². The second kappa shape index (κ2) is 4.40. The average molecular weight is 251 g/mol. The molecule has 0 aliphatic carbocycles. The number of nitro groups is 1. The second-order valence-electron chi connectivity index (χ2n) is 2.72. The van der Waals surface area contributed by atoms with Gasteiger partial charge in [-0.2, -0.15) is 5.10 Å². The van der Waals surface area contributed by atoms with E-state index in [0.717, 1.165) is 12.8 Å². The van der Waals surface area contributed by atoms with Gasteiger partial charge in [-0.05, 0) is 6.42 Å². The molecule has 0 bridgehead atoms. The molecule has 0 radical (unpaired) electrons. The lowest BCUT2D eigenvalue weighted by molar-refractivity contribution is -0.563. The van der Waals surface area contributed by atoms with Crippen molar-refractivity contribution in [3.05, 3.63) is 10.1 Å². The van der Waals surface area contributed by atoms with Crippen LogP contribution in [-0.2, 0) is 0 Å². The van der Waals surface area contributed by atoms with Gasteiger partial charge in [0.1, 0.15) is 6.34 Å². The summed E-state index contributed by atoms with van der Waals surface area (Å²) in [5, 5.41) is 16.0. The van der Waals surface area contributed by atoms with Crippen molar-refractivity contribution < 1.29 is 4.92 Å². The Morgan fingerprint density at radius 3 is 3.00 bits per heavy atom. The number of hydrogen-bond acceptors (Lipinski definition) is 5. The van der Waals surface area contributed by atoms with Gasteiger partial charge in [0.05, 0.1) is 21.1 Å². The number of halogens is 1. The van der Waals surface area contributed by atoms with Crippen molar-refractivity contribution in [1.82, 2.24) is 8.93 Å². The van der Waals surface area contributed by atoms with Crippen LogP contribution in [0.2, 0.25) is 0 Å². The number of nitrogens with zero attached hydrogens (tertiary/aromatic N) is 4. The molecule has 1 aliphatic rings. The summed E-state index contributed by atoms with van der Waals surface area (Å²) >= 11 is 3.04. The highest BCUT2D eigenvalue weighted by Gasteiger charge is 2.36. The largest absolute Gasteiger partial charge is 0.393 e. The molecular formula is C6H11BrN4O2. The van der Waals surface area contributed by atoms with Crippen molar-refractivity contribution >= 4 is 22.5 Å². The average Bonchev–Trinajstić information content (AvgIpc) is 2.43. The van der Waals surface area contributed by atoms with Gasteiger partial charge in [0.2, 0.25) is 0 Å². The minimum Gasteiger partial charge on any atom is -0.261 e. The summed E-state index contributed by atoms with van der Waals surface area (Å²) in [7, 11) is 0. The van der Waals surface area contributed by atoms with Crippen LogP contribution in [0.1, 0.15) is 19.8 Å². The molecule has 0 saturated carbocycles. The van der Waals surface area contributed by atoms with Gasteiger partial charge in [-0.25, -0.2) is 8.93 Å². The zero-order chi connectivity index (χ0) is 9.84. The maximum absolute atomic E-state index is 10.6. The second-order valence-corrected chi connectivity index (χ2v) is 3.54. The predicted molar refractivity (Wildman–Crippen MR) is 51.7 cm³/mol. The molecule has 1 unspecified atom stereocenters. The highest BCUT2D eigenvalue weighted by Crippen LogP contribution is 2.16. The third-order valence-corrected chi connectivity index (χ3v) is 2.28. The molecule has 1 heterocycles. The molecule has 0 aromatic heterocycles. The van der Waals surface area contributed by atoms with Gasteiger partial charge in [0.25, 0.3) is 0 Å². The summed E-state index contributed by atoms with van der Waals surface area (Å²) in [5.41, 5.74) is 0. The lowest BCUT2D eigenvalue weighted by atomic mass is 10.3. The Labute approximate surface area is 84.7 Å². The Balaban J connectivity index is 2.53. The van der Waals surface area contributed by atoms with E-state index in [-0.39, 0.29) is 4.92 Å². The van der Waals surface area contributed by atoms with Crippen molar-refractivity contribution in [3.8, 4) is 0 Å². The van der Waals surface area contributed by atoms with E-state index >= 15 is 0 Å².